The summed E-state index contributed by atoms with van der Waals surface area (Å²) in [5.41, 5.74) is 0. The number of ether oxygens (including phenoxy) is 5. The van der Waals surface area contributed by atoms with Gasteiger partial charge in [-0.05, 0) is 103 Å². The molecule has 28 heteroatoms. The average molecular weight is 1840 g/mol. The highest BCUT2D eigenvalue weighted by Crippen LogP contribution is 2.25. The molecule has 0 bridgehead atoms. The van der Waals surface area contributed by atoms with Crippen LogP contribution in [0.1, 0.15) is 403 Å². The maximum Gasteiger partial charge on any atom is 0.336 e. The van der Waals surface area contributed by atoms with Crippen molar-refractivity contribution in [2.75, 3.05) is 125 Å². The predicted octanol–water partition coefficient (Wildman–Crippen LogP) is 15.6. The second kappa shape index (κ2) is 86.5. The second-order valence-electron chi connectivity index (χ2n) is 36.4. The zero-order valence-electron chi connectivity index (χ0n) is 83.2. The topological polar surface area (TPSA) is 388 Å². The van der Waals surface area contributed by atoms with Gasteiger partial charge in [-0.15, -0.1) is 0 Å². The number of carbonyl (C=O) groups excluding carboxylic acids is 10. The fourth-order valence-corrected chi connectivity index (χ4v) is 16.5. The Balaban J connectivity index is 7.52. The smallest absolute Gasteiger partial charge is 0.336 e. The molecule has 0 rings (SSSR count). The van der Waals surface area contributed by atoms with Gasteiger partial charge in [-0.3, -0.25) is 33.8 Å². The molecule has 0 saturated carbocycles. The number of aliphatic hydroxyl groups excluding tert-OH is 5. The molecule has 28 nitrogen and oxygen atoms in total. The normalized spacial score (nSPS) is 12.9. The minimum Gasteiger partial charge on any atom is -0.462 e. The van der Waals surface area contributed by atoms with Gasteiger partial charge >= 0.3 is 29.8 Å². The molecule has 10 N–H and O–H groups in total. The van der Waals surface area contributed by atoms with Crippen molar-refractivity contribution in [1.82, 2.24) is 41.3 Å². The lowest BCUT2D eigenvalue weighted by Gasteiger charge is -2.30. The highest BCUT2D eigenvalue weighted by molar-refractivity contribution is 5.81. The largest absolute Gasteiger partial charge is 0.462 e. The summed E-state index contributed by atoms with van der Waals surface area (Å²) in [7, 11) is 0. The third kappa shape index (κ3) is 68.1. The highest BCUT2D eigenvalue weighted by Gasteiger charge is 2.31. The quantitative estimate of drug-likeness (QED) is 0.0154. The van der Waals surface area contributed by atoms with Gasteiger partial charge in [0.2, 0.25) is 29.5 Å². The molecule has 0 aliphatic heterocycles. The van der Waals surface area contributed by atoms with Crippen LogP contribution < -0.4 is 26.6 Å². The number of esters is 5. The van der Waals surface area contributed by atoms with Gasteiger partial charge in [0.25, 0.3) is 0 Å². The first-order valence-corrected chi connectivity index (χ1v) is 52.2. The van der Waals surface area contributed by atoms with E-state index in [-0.39, 0.29) is 170 Å². The highest BCUT2D eigenvalue weighted by atomic mass is 16.6. The number of carbonyl (C=O) groups is 10. The molecule has 0 aliphatic carbocycles. The zero-order chi connectivity index (χ0) is 95.6. The SMILES string of the molecule is CCCCCCC(CCCCCC)C(=O)NCCOC(=O)C(O)CN(CCCN(CC(O)C(=O)OCCNC(=O)C(CCCCCC)CCCCCC)CC(O)C(=O)OCCNC(=O)C(CCCCCC)CCCCCC)CCCN(CC(O)C(=O)OCCNC(=O)C(CCCCCC)CCCCCC)CC(O)C(=O)OCCNC(=O)C(CCCCCC)CCCCCC. The molecular weight excluding hydrogens is 1650 g/mol. The molecule has 0 fully saturated rings. The maximum absolute atomic E-state index is 13.9. The van der Waals surface area contributed by atoms with E-state index in [9.17, 15) is 73.5 Å². The van der Waals surface area contributed by atoms with Crippen molar-refractivity contribution >= 4 is 59.4 Å². The Morgan fingerprint density at radius 3 is 0.488 bits per heavy atom. The number of rotatable bonds is 93. The number of unbranched alkanes of at least 4 members (excludes halogenated alkanes) is 30. The molecule has 0 spiro atoms. The van der Waals surface area contributed by atoms with Gasteiger partial charge in [0, 0.05) is 62.3 Å². The molecule has 0 aromatic carbocycles. The summed E-state index contributed by atoms with van der Waals surface area (Å²) in [5.74, 6) is -6.67. The van der Waals surface area contributed by atoms with E-state index in [4.69, 9.17) is 23.7 Å². The summed E-state index contributed by atoms with van der Waals surface area (Å²) in [6.45, 7) is 18.0. The van der Waals surface area contributed by atoms with Gasteiger partial charge in [-0.2, -0.15) is 0 Å². The van der Waals surface area contributed by atoms with Crippen LogP contribution in [0.4, 0.5) is 0 Å². The molecule has 5 unspecified atom stereocenters. The van der Waals surface area contributed by atoms with E-state index in [1.165, 1.54) is 9.80 Å². The van der Waals surface area contributed by atoms with E-state index in [1.54, 1.807) is 4.90 Å². The number of hydrogen-bond donors (Lipinski definition) is 10. The van der Waals surface area contributed by atoms with Crippen molar-refractivity contribution in [2.45, 2.75) is 434 Å². The molecular formula is C101H192N8O20. The summed E-state index contributed by atoms with van der Waals surface area (Å²) < 4.78 is 27.7. The molecule has 5 amide bonds. The van der Waals surface area contributed by atoms with Gasteiger partial charge in [-0.25, -0.2) is 24.0 Å². The third-order valence-electron chi connectivity index (χ3n) is 24.6. The van der Waals surface area contributed by atoms with Crippen LogP contribution in [0.5, 0.6) is 0 Å². The lowest BCUT2D eigenvalue weighted by atomic mass is 9.93. The van der Waals surface area contributed by atoms with Crippen molar-refractivity contribution in [2.24, 2.45) is 29.6 Å². The van der Waals surface area contributed by atoms with E-state index in [2.05, 4.69) is 95.8 Å². The minimum atomic E-state index is -1.83. The standard InChI is InChI=1S/C101H192N8O20/c1-11-21-31-41-53-82(54-42-32-22-12-2)92(115)102-63-72-125-97(120)87(110)77-107(68-51-70-108(78-88(111)98(121)126-73-64-103-93(116)83(55-43-33-23-13-3)56-44-34-24-14-4)79-89(112)99(122)127-74-65-104-94(117)84(57-45-35-25-15-5)58-46-36-26-16-6)69-52-71-109(80-90(113)100(123)128-75-66-105-95(118)85(59-47-37-27-17-7)60-48-38-28-18-8)81-91(114)101(124)129-76-67-106-96(119)86(61-49-39-29-19-9)62-50-40-30-20-10/h82-91,110-114H,11-81H2,1-10H3,(H,102,115)(H,103,116)(H,104,117)(H,105,118)(H,106,119). The Hall–Kier alpha value is -5.62. The van der Waals surface area contributed by atoms with Crippen LogP contribution in [0.15, 0.2) is 0 Å². The van der Waals surface area contributed by atoms with Gasteiger partial charge in [0.1, 0.15) is 33.0 Å². The fourth-order valence-electron chi connectivity index (χ4n) is 16.5. The van der Waals surface area contributed by atoms with Gasteiger partial charge in [0.15, 0.2) is 30.5 Å². The van der Waals surface area contributed by atoms with Crippen molar-refractivity contribution in [3.05, 3.63) is 0 Å². The van der Waals surface area contributed by atoms with E-state index in [0.29, 0.717) is 0 Å². The predicted molar refractivity (Wildman–Crippen MR) is 513 cm³/mol. The second-order valence-corrected chi connectivity index (χ2v) is 36.4. The summed E-state index contributed by atoms with van der Waals surface area (Å²) >= 11 is 0. The first-order valence-electron chi connectivity index (χ1n) is 52.2. The van der Waals surface area contributed by atoms with Crippen molar-refractivity contribution in [3.8, 4) is 0 Å². The van der Waals surface area contributed by atoms with Crippen molar-refractivity contribution in [1.29, 1.82) is 0 Å². The Morgan fingerprint density at radius 2 is 0.341 bits per heavy atom. The molecule has 0 aromatic heterocycles. The number of nitrogens with zero attached hydrogens (tertiary/aromatic N) is 3. The van der Waals surface area contributed by atoms with E-state index in [0.717, 1.165) is 321 Å². The summed E-state index contributed by atoms with van der Waals surface area (Å²) in [4.78, 5) is 141. The van der Waals surface area contributed by atoms with Crippen LogP contribution in [-0.2, 0) is 71.6 Å². The zero-order valence-corrected chi connectivity index (χ0v) is 83.2. The molecule has 0 radical (unpaired) electrons. The summed E-state index contributed by atoms with van der Waals surface area (Å²) in [6, 6.07) is 0. The Labute approximate surface area is 781 Å². The summed E-state index contributed by atoms with van der Waals surface area (Å²) in [6.07, 6.45) is 39.5. The van der Waals surface area contributed by atoms with Crippen molar-refractivity contribution < 1.29 is 97.2 Å². The summed E-state index contributed by atoms with van der Waals surface area (Å²) in [5, 5.41) is 72.8. The van der Waals surface area contributed by atoms with Crippen LogP contribution in [0.25, 0.3) is 0 Å². The number of hydrogen-bond acceptors (Lipinski definition) is 23. The van der Waals surface area contributed by atoms with Gasteiger partial charge in [-0.1, -0.05) is 326 Å². The number of amides is 5. The average Bonchev–Trinajstić information content (AvgIpc) is 0.894. The first kappa shape index (κ1) is 123. The minimum absolute atomic E-state index is 0.000638. The van der Waals surface area contributed by atoms with Gasteiger partial charge in [0.05, 0.1) is 32.7 Å². The lowest BCUT2D eigenvalue weighted by molar-refractivity contribution is -0.158. The van der Waals surface area contributed by atoms with Crippen molar-refractivity contribution in [3.63, 3.8) is 0 Å². The molecule has 5 atom stereocenters. The molecule has 0 heterocycles. The van der Waals surface area contributed by atoms with Crippen LogP contribution >= 0.6 is 0 Å². The van der Waals surface area contributed by atoms with E-state index < -0.39 is 86.5 Å². The van der Waals surface area contributed by atoms with Crippen LogP contribution in [-0.4, -0.2) is 255 Å². The monoisotopic (exact) mass is 1840 g/mol. The Kier molecular flexibility index (Phi) is 82.7. The van der Waals surface area contributed by atoms with Gasteiger partial charge < -0.3 is 80.7 Å². The first-order chi connectivity index (χ1) is 62.4. The van der Waals surface area contributed by atoms with E-state index >= 15 is 0 Å². The number of nitrogens with one attached hydrogen (secondary N) is 5. The van der Waals surface area contributed by atoms with Crippen LogP contribution in [0.3, 0.4) is 0 Å². The fraction of sp³-hybridized carbons (Fsp3) is 0.901. The molecule has 0 aliphatic rings. The molecule has 0 saturated heterocycles. The lowest BCUT2D eigenvalue weighted by Crippen LogP contribution is -2.46. The van der Waals surface area contributed by atoms with Crippen LogP contribution in [0, 0.1) is 29.6 Å². The Bertz CT molecular complexity index is 2440. The molecule has 129 heavy (non-hydrogen) atoms. The maximum atomic E-state index is 13.9. The Morgan fingerprint density at radius 1 is 0.202 bits per heavy atom. The van der Waals surface area contributed by atoms with E-state index in [1.807, 2.05) is 0 Å². The molecule has 0 aromatic rings. The van der Waals surface area contributed by atoms with Crippen LogP contribution in [0.2, 0.25) is 0 Å². The number of aliphatic hydroxyl groups is 5. The third-order valence-corrected chi connectivity index (χ3v) is 24.6. The molecule has 756 valence electrons.